The minimum atomic E-state index is -0.188. The van der Waals surface area contributed by atoms with Crippen LogP contribution in [0.3, 0.4) is 0 Å². The normalized spacial score (nSPS) is 37.3. The van der Waals surface area contributed by atoms with Gasteiger partial charge in [-0.1, -0.05) is 6.92 Å². The number of hydrogen-bond donors (Lipinski definition) is 1. The van der Waals surface area contributed by atoms with E-state index in [2.05, 4.69) is 4.74 Å². The zero-order valence-electron chi connectivity index (χ0n) is 6.20. The van der Waals surface area contributed by atoms with Crippen LogP contribution in [0.25, 0.3) is 0 Å². The summed E-state index contributed by atoms with van der Waals surface area (Å²) in [6.07, 6.45) is 0. The highest BCUT2D eigenvalue weighted by atomic mass is 16.5. The van der Waals surface area contributed by atoms with Gasteiger partial charge in [0, 0.05) is 6.61 Å². The van der Waals surface area contributed by atoms with Crippen molar-refractivity contribution in [3.63, 3.8) is 0 Å². The summed E-state index contributed by atoms with van der Waals surface area (Å²) in [6, 6.07) is 0. The largest absolute Gasteiger partial charge is 0.469 e. The summed E-state index contributed by atoms with van der Waals surface area (Å²) in [7, 11) is 1.38. The molecule has 0 radical (unpaired) electrons. The molecule has 58 valence electrons. The van der Waals surface area contributed by atoms with E-state index in [4.69, 9.17) is 5.11 Å². The van der Waals surface area contributed by atoms with Crippen LogP contribution in [0.15, 0.2) is 0 Å². The Morgan fingerprint density at radius 2 is 2.30 bits per heavy atom. The van der Waals surface area contributed by atoms with Crippen LogP contribution in [0, 0.1) is 17.8 Å². The van der Waals surface area contributed by atoms with Crippen molar-refractivity contribution in [3.8, 4) is 0 Å². The first-order valence-electron chi connectivity index (χ1n) is 3.41. The van der Waals surface area contributed by atoms with E-state index >= 15 is 0 Å². The number of aliphatic hydroxyl groups is 1. The Balaban J connectivity index is 2.40. The third kappa shape index (κ3) is 1.01. The predicted molar refractivity (Wildman–Crippen MR) is 35.2 cm³/mol. The van der Waals surface area contributed by atoms with Gasteiger partial charge in [0.05, 0.1) is 13.0 Å². The van der Waals surface area contributed by atoms with Gasteiger partial charge in [0.1, 0.15) is 0 Å². The standard InChI is InChI=1S/C7H12O3/c1-4-5(3-8)6(4)7(9)10-2/h4-6,8H,3H2,1-2H3/t4-,5+,6-/m0/s1. The molecule has 0 spiro atoms. The topological polar surface area (TPSA) is 46.5 Å². The SMILES string of the molecule is COC(=O)[C@H]1[C@@H](C)[C@H]1CO. The Labute approximate surface area is 60.0 Å². The van der Waals surface area contributed by atoms with E-state index in [0.29, 0.717) is 5.92 Å². The fourth-order valence-electron chi connectivity index (χ4n) is 1.35. The van der Waals surface area contributed by atoms with E-state index in [9.17, 15) is 4.79 Å². The smallest absolute Gasteiger partial charge is 0.309 e. The summed E-state index contributed by atoms with van der Waals surface area (Å²) in [5.41, 5.74) is 0. The third-order valence-corrected chi connectivity index (χ3v) is 2.25. The van der Waals surface area contributed by atoms with Crippen LogP contribution in [0.1, 0.15) is 6.92 Å². The Morgan fingerprint density at radius 3 is 2.60 bits per heavy atom. The first-order valence-corrected chi connectivity index (χ1v) is 3.41. The average molecular weight is 144 g/mol. The second-order valence-electron chi connectivity index (χ2n) is 2.75. The van der Waals surface area contributed by atoms with Gasteiger partial charge in [-0.3, -0.25) is 4.79 Å². The number of rotatable bonds is 2. The second-order valence-corrected chi connectivity index (χ2v) is 2.75. The molecule has 1 saturated carbocycles. The summed E-state index contributed by atoms with van der Waals surface area (Å²) in [5.74, 6) is 0.214. The molecule has 3 atom stereocenters. The molecule has 0 aromatic carbocycles. The highest BCUT2D eigenvalue weighted by Gasteiger charge is 2.51. The molecule has 3 heteroatoms. The van der Waals surface area contributed by atoms with Crippen molar-refractivity contribution >= 4 is 5.97 Å². The quantitative estimate of drug-likeness (QED) is 0.556. The molecule has 1 aliphatic rings. The van der Waals surface area contributed by atoms with E-state index in [1.54, 1.807) is 0 Å². The Kier molecular flexibility index (Phi) is 1.94. The van der Waals surface area contributed by atoms with Crippen molar-refractivity contribution < 1.29 is 14.6 Å². The molecule has 0 unspecified atom stereocenters. The minimum Gasteiger partial charge on any atom is -0.469 e. The summed E-state index contributed by atoms with van der Waals surface area (Å²) >= 11 is 0. The second kappa shape index (κ2) is 2.58. The molecule has 10 heavy (non-hydrogen) atoms. The van der Waals surface area contributed by atoms with Gasteiger partial charge in [0.25, 0.3) is 0 Å². The van der Waals surface area contributed by atoms with Gasteiger partial charge < -0.3 is 9.84 Å². The first kappa shape index (κ1) is 7.54. The molecule has 1 rings (SSSR count). The van der Waals surface area contributed by atoms with E-state index in [1.807, 2.05) is 6.92 Å². The van der Waals surface area contributed by atoms with Gasteiger partial charge in [-0.2, -0.15) is 0 Å². The molecule has 0 amide bonds. The molecular formula is C7H12O3. The zero-order chi connectivity index (χ0) is 7.72. The van der Waals surface area contributed by atoms with E-state index in [0.717, 1.165) is 0 Å². The van der Waals surface area contributed by atoms with Crippen LogP contribution in [-0.2, 0) is 9.53 Å². The number of aliphatic hydroxyl groups excluding tert-OH is 1. The molecular weight excluding hydrogens is 132 g/mol. The van der Waals surface area contributed by atoms with Gasteiger partial charge in [-0.05, 0) is 11.8 Å². The average Bonchev–Trinajstić information content (AvgIpc) is 2.59. The summed E-state index contributed by atoms with van der Waals surface area (Å²) < 4.78 is 4.53. The summed E-state index contributed by atoms with van der Waals surface area (Å²) in [6.45, 7) is 2.05. The van der Waals surface area contributed by atoms with Crippen LogP contribution in [0.4, 0.5) is 0 Å². The van der Waals surface area contributed by atoms with Crippen LogP contribution < -0.4 is 0 Å². The lowest BCUT2D eigenvalue weighted by atomic mass is 10.3. The number of ether oxygens (including phenoxy) is 1. The summed E-state index contributed by atoms with van der Waals surface area (Å²) in [5, 5.41) is 8.68. The maximum Gasteiger partial charge on any atom is 0.309 e. The van der Waals surface area contributed by atoms with Crippen LogP contribution in [0.2, 0.25) is 0 Å². The fourth-order valence-corrected chi connectivity index (χ4v) is 1.35. The maximum absolute atomic E-state index is 10.8. The van der Waals surface area contributed by atoms with E-state index < -0.39 is 0 Å². The molecule has 0 aromatic rings. The molecule has 1 fully saturated rings. The van der Waals surface area contributed by atoms with Crippen LogP contribution in [-0.4, -0.2) is 24.8 Å². The fraction of sp³-hybridized carbons (Fsp3) is 0.857. The van der Waals surface area contributed by atoms with Crippen molar-refractivity contribution in [3.05, 3.63) is 0 Å². The lowest BCUT2D eigenvalue weighted by Gasteiger charge is -1.93. The van der Waals surface area contributed by atoms with Gasteiger partial charge in [-0.15, -0.1) is 0 Å². The van der Waals surface area contributed by atoms with E-state index in [1.165, 1.54) is 7.11 Å². The third-order valence-electron chi connectivity index (χ3n) is 2.25. The van der Waals surface area contributed by atoms with Gasteiger partial charge in [-0.25, -0.2) is 0 Å². The van der Waals surface area contributed by atoms with E-state index in [-0.39, 0.29) is 24.4 Å². The molecule has 0 aromatic heterocycles. The lowest BCUT2D eigenvalue weighted by Crippen LogP contribution is -2.05. The van der Waals surface area contributed by atoms with Crippen molar-refractivity contribution in [2.75, 3.05) is 13.7 Å². The Hall–Kier alpha value is -0.570. The zero-order valence-corrected chi connectivity index (χ0v) is 6.20. The highest BCUT2D eigenvalue weighted by molar-refractivity contribution is 5.76. The van der Waals surface area contributed by atoms with Gasteiger partial charge in [0.15, 0.2) is 0 Å². The van der Waals surface area contributed by atoms with Crippen molar-refractivity contribution in [1.82, 2.24) is 0 Å². The Morgan fingerprint density at radius 1 is 1.70 bits per heavy atom. The van der Waals surface area contributed by atoms with Crippen LogP contribution >= 0.6 is 0 Å². The molecule has 3 nitrogen and oxygen atoms in total. The molecule has 0 bridgehead atoms. The Bertz CT molecular complexity index is 144. The molecule has 0 aliphatic heterocycles. The van der Waals surface area contributed by atoms with Gasteiger partial charge >= 0.3 is 5.97 Å². The first-order chi connectivity index (χ1) is 4.72. The minimum absolute atomic E-state index is 0.0463. The predicted octanol–water partition coefficient (Wildman–Crippen LogP) is 0.0338. The van der Waals surface area contributed by atoms with Crippen molar-refractivity contribution in [1.29, 1.82) is 0 Å². The van der Waals surface area contributed by atoms with Crippen molar-refractivity contribution in [2.24, 2.45) is 17.8 Å². The highest BCUT2D eigenvalue weighted by Crippen LogP contribution is 2.45. The van der Waals surface area contributed by atoms with Crippen LogP contribution in [0.5, 0.6) is 0 Å². The lowest BCUT2D eigenvalue weighted by molar-refractivity contribution is -0.142. The number of carbonyl (C=O) groups is 1. The number of methoxy groups -OCH3 is 1. The molecule has 0 saturated heterocycles. The molecule has 1 N–H and O–H groups in total. The number of esters is 1. The maximum atomic E-state index is 10.8. The molecule has 0 heterocycles. The van der Waals surface area contributed by atoms with Gasteiger partial charge in [0.2, 0.25) is 0 Å². The monoisotopic (exact) mass is 144 g/mol. The molecule has 1 aliphatic carbocycles. The number of hydrogen-bond acceptors (Lipinski definition) is 3. The number of carbonyl (C=O) groups excluding carboxylic acids is 1. The van der Waals surface area contributed by atoms with Crippen molar-refractivity contribution in [2.45, 2.75) is 6.92 Å². The summed E-state index contributed by atoms with van der Waals surface area (Å²) in [4.78, 5) is 10.8.